The second kappa shape index (κ2) is 8.27. The zero-order valence-corrected chi connectivity index (χ0v) is 18.3. The normalized spacial score (nSPS) is 14.8. The van der Waals surface area contributed by atoms with E-state index in [0.717, 1.165) is 4.31 Å². The number of fused-ring (bicyclic) bond motifs is 1. The molecular formula is C21H24N2O6S. The Hall–Kier alpha value is -3.20. The summed E-state index contributed by atoms with van der Waals surface area (Å²) < 4.78 is 43.4. The van der Waals surface area contributed by atoms with Gasteiger partial charge in [0.25, 0.3) is 15.9 Å². The summed E-state index contributed by atoms with van der Waals surface area (Å²) in [5.41, 5.74) is 1.72. The van der Waals surface area contributed by atoms with Gasteiger partial charge in [0.05, 0.1) is 26.5 Å². The molecule has 3 rings (SSSR count). The highest BCUT2D eigenvalue weighted by molar-refractivity contribution is 7.97. The number of rotatable bonds is 6. The molecule has 0 fully saturated rings. The average Bonchev–Trinajstić information content (AvgIpc) is 2.71. The molecule has 30 heavy (non-hydrogen) atoms. The Bertz CT molecular complexity index is 1120. The molecule has 1 heterocycles. The molecule has 0 atom stereocenters. The lowest BCUT2D eigenvalue weighted by Crippen LogP contribution is -2.36. The van der Waals surface area contributed by atoms with Crippen molar-refractivity contribution in [3.63, 3.8) is 0 Å². The summed E-state index contributed by atoms with van der Waals surface area (Å²) in [6, 6.07) is 10.0. The van der Waals surface area contributed by atoms with E-state index in [4.69, 9.17) is 14.2 Å². The van der Waals surface area contributed by atoms with Crippen LogP contribution in [0.2, 0.25) is 0 Å². The highest BCUT2D eigenvalue weighted by atomic mass is 32.2. The van der Waals surface area contributed by atoms with Gasteiger partial charge in [0, 0.05) is 30.4 Å². The molecule has 1 N–H and O–H groups in total. The Morgan fingerprint density at radius 3 is 2.40 bits per heavy atom. The van der Waals surface area contributed by atoms with Crippen LogP contribution in [0.1, 0.15) is 19.4 Å². The highest BCUT2D eigenvalue weighted by Gasteiger charge is 2.38. The molecule has 0 unspecified atom stereocenters. The summed E-state index contributed by atoms with van der Waals surface area (Å²) in [7, 11) is 0.286. The van der Waals surface area contributed by atoms with Gasteiger partial charge in [0.2, 0.25) is 0 Å². The molecule has 8 nitrogen and oxygen atoms in total. The van der Waals surface area contributed by atoms with E-state index < -0.39 is 15.9 Å². The third kappa shape index (κ3) is 3.68. The van der Waals surface area contributed by atoms with Crippen molar-refractivity contribution in [2.24, 2.45) is 0 Å². The highest BCUT2D eigenvalue weighted by Crippen LogP contribution is 2.44. The SMILES string of the molecule is CCOc1cccc(NC(=O)C2=C(C)c3cc(OC)c(OC)cc3N(C)S2(=O)=O)c1. The number of hydrogen-bond acceptors (Lipinski definition) is 6. The first-order chi connectivity index (χ1) is 14.2. The standard InChI is InChI=1S/C21H24N2O6S/c1-6-29-15-9-7-8-14(10-15)22-21(24)20-13(2)16-11-18(27-4)19(28-5)12-17(16)23(3)30(20,25)26/h7-12H,6H2,1-5H3,(H,22,24). The number of amides is 1. The smallest absolute Gasteiger partial charge is 0.269 e. The lowest BCUT2D eigenvalue weighted by molar-refractivity contribution is -0.112. The third-order valence-corrected chi connectivity index (χ3v) is 6.74. The number of anilines is 2. The lowest BCUT2D eigenvalue weighted by Gasteiger charge is -2.30. The van der Waals surface area contributed by atoms with Crippen LogP contribution in [0.25, 0.3) is 5.57 Å². The van der Waals surface area contributed by atoms with E-state index in [0.29, 0.717) is 46.4 Å². The predicted molar refractivity (Wildman–Crippen MR) is 116 cm³/mol. The van der Waals surface area contributed by atoms with Crippen molar-refractivity contribution in [1.82, 2.24) is 0 Å². The molecule has 1 aliphatic rings. The Labute approximate surface area is 176 Å². The van der Waals surface area contributed by atoms with Crippen molar-refractivity contribution in [1.29, 1.82) is 0 Å². The molecule has 2 aromatic carbocycles. The summed E-state index contributed by atoms with van der Waals surface area (Å²) in [5, 5.41) is 2.66. The van der Waals surface area contributed by atoms with Crippen LogP contribution in [0.15, 0.2) is 41.3 Å². The Kier molecular flexibility index (Phi) is 5.93. The van der Waals surface area contributed by atoms with Crippen LogP contribution in [-0.4, -0.2) is 42.2 Å². The first-order valence-electron chi connectivity index (χ1n) is 9.25. The first-order valence-corrected chi connectivity index (χ1v) is 10.7. The van der Waals surface area contributed by atoms with Gasteiger partial charge in [-0.15, -0.1) is 0 Å². The monoisotopic (exact) mass is 432 g/mol. The molecule has 0 saturated carbocycles. The van der Waals surface area contributed by atoms with E-state index >= 15 is 0 Å². The van der Waals surface area contributed by atoms with E-state index in [9.17, 15) is 13.2 Å². The second-order valence-electron chi connectivity index (χ2n) is 6.57. The van der Waals surface area contributed by atoms with Crippen molar-refractivity contribution < 1.29 is 27.4 Å². The molecule has 0 radical (unpaired) electrons. The van der Waals surface area contributed by atoms with Crippen LogP contribution in [0.5, 0.6) is 17.2 Å². The summed E-state index contributed by atoms with van der Waals surface area (Å²) >= 11 is 0. The van der Waals surface area contributed by atoms with Gasteiger partial charge in [-0.25, -0.2) is 8.42 Å². The number of nitrogens with one attached hydrogen (secondary N) is 1. The minimum atomic E-state index is -4.08. The number of sulfonamides is 1. The minimum Gasteiger partial charge on any atom is -0.494 e. The van der Waals surface area contributed by atoms with E-state index in [2.05, 4.69) is 5.32 Å². The molecule has 0 spiro atoms. The number of ether oxygens (including phenoxy) is 3. The van der Waals surface area contributed by atoms with Crippen molar-refractivity contribution in [2.75, 3.05) is 37.5 Å². The topological polar surface area (TPSA) is 94.2 Å². The molecule has 2 aromatic rings. The zero-order valence-electron chi connectivity index (χ0n) is 17.5. The van der Waals surface area contributed by atoms with Crippen LogP contribution in [0.3, 0.4) is 0 Å². The largest absolute Gasteiger partial charge is 0.494 e. The van der Waals surface area contributed by atoms with E-state index in [-0.39, 0.29) is 4.91 Å². The van der Waals surface area contributed by atoms with Gasteiger partial charge in [0.1, 0.15) is 5.75 Å². The van der Waals surface area contributed by atoms with Gasteiger partial charge < -0.3 is 19.5 Å². The number of hydrogen-bond donors (Lipinski definition) is 1. The Balaban J connectivity index is 2.09. The molecular weight excluding hydrogens is 408 g/mol. The Morgan fingerprint density at radius 2 is 1.77 bits per heavy atom. The fraction of sp³-hybridized carbons (Fsp3) is 0.286. The van der Waals surface area contributed by atoms with E-state index in [1.165, 1.54) is 21.3 Å². The first kappa shape index (κ1) is 21.5. The minimum absolute atomic E-state index is 0.322. The van der Waals surface area contributed by atoms with Gasteiger partial charge in [-0.3, -0.25) is 9.10 Å². The van der Waals surface area contributed by atoms with Crippen molar-refractivity contribution >= 4 is 32.9 Å². The van der Waals surface area contributed by atoms with Gasteiger partial charge in [-0.1, -0.05) is 6.07 Å². The fourth-order valence-electron chi connectivity index (χ4n) is 3.32. The number of methoxy groups -OCH3 is 2. The number of allylic oxidation sites excluding steroid dienone is 1. The molecule has 160 valence electrons. The number of benzene rings is 2. The van der Waals surface area contributed by atoms with Crippen LogP contribution in [0, 0.1) is 0 Å². The van der Waals surface area contributed by atoms with Gasteiger partial charge in [0.15, 0.2) is 16.4 Å². The maximum absolute atomic E-state index is 13.2. The number of nitrogens with zero attached hydrogens (tertiary/aromatic N) is 1. The second-order valence-corrected chi connectivity index (χ2v) is 8.47. The maximum Gasteiger partial charge on any atom is 0.269 e. The van der Waals surface area contributed by atoms with Crippen LogP contribution >= 0.6 is 0 Å². The van der Waals surface area contributed by atoms with Gasteiger partial charge >= 0.3 is 0 Å². The van der Waals surface area contributed by atoms with Crippen molar-refractivity contribution in [2.45, 2.75) is 13.8 Å². The summed E-state index contributed by atoms with van der Waals surface area (Å²) in [6.45, 7) is 3.92. The maximum atomic E-state index is 13.2. The third-order valence-electron chi connectivity index (χ3n) is 4.81. The molecule has 0 bridgehead atoms. The van der Waals surface area contributed by atoms with Crippen LogP contribution in [-0.2, 0) is 14.8 Å². The summed E-state index contributed by atoms with van der Waals surface area (Å²) in [4.78, 5) is 12.7. The van der Waals surface area contributed by atoms with Crippen LogP contribution in [0.4, 0.5) is 11.4 Å². The molecule has 0 aliphatic carbocycles. The fourth-order valence-corrected chi connectivity index (χ4v) is 4.78. The Morgan fingerprint density at radius 1 is 1.10 bits per heavy atom. The number of carbonyl (C=O) groups is 1. The van der Waals surface area contributed by atoms with Gasteiger partial charge in [-0.05, 0) is 37.6 Å². The molecule has 1 amide bonds. The van der Waals surface area contributed by atoms with Crippen molar-refractivity contribution in [3.05, 3.63) is 46.9 Å². The summed E-state index contributed by atoms with van der Waals surface area (Å²) in [6.07, 6.45) is 0. The predicted octanol–water partition coefficient (Wildman–Crippen LogP) is 3.25. The summed E-state index contributed by atoms with van der Waals surface area (Å²) in [5.74, 6) is 0.680. The quantitative estimate of drug-likeness (QED) is 0.753. The molecule has 9 heteroatoms. The average molecular weight is 432 g/mol. The van der Waals surface area contributed by atoms with Crippen molar-refractivity contribution in [3.8, 4) is 17.2 Å². The van der Waals surface area contributed by atoms with E-state index in [1.807, 2.05) is 6.92 Å². The van der Waals surface area contributed by atoms with Gasteiger partial charge in [-0.2, -0.15) is 0 Å². The zero-order chi connectivity index (χ0) is 22.1. The lowest BCUT2D eigenvalue weighted by atomic mass is 10.0. The molecule has 1 aliphatic heterocycles. The molecule has 0 saturated heterocycles. The molecule has 0 aromatic heterocycles. The number of carbonyl (C=O) groups excluding carboxylic acids is 1. The van der Waals surface area contributed by atoms with E-state index in [1.54, 1.807) is 43.3 Å². The van der Waals surface area contributed by atoms with Crippen LogP contribution < -0.4 is 23.8 Å².